The van der Waals surface area contributed by atoms with Crippen LogP contribution in [0.5, 0.6) is 17.2 Å². The molecule has 0 fully saturated rings. The Hall–Kier alpha value is -3.12. The Kier molecular flexibility index (Phi) is 10.8. The number of ether oxygens (including phenoxy) is 2. The van der Waals surface area contributed by atoms with Gasteiger partial charge in [-0.2, -0.15) is 0 Å². The van der Waals surface area contributed by atoms with Crippen molar-refractivity contribution in [2.24, 2.45) is 0 Å². The van der Waals surface area contributed by atoms with Gasteiger partial charge in [0.1, 0.15) is 5.75 Å². The minimum atomic E-state index is 0.0754. The topological polar surface area (TPSA) is 64.6 Å². The summed E-state index contributed by atoms with van der Waals surface area (Å²) < 4.78 is 12.9. The number of ketones is 1. The normalized spacial score (nSPS) is 11.1. The van der Waals surface area contributed by atoms with E-state index < -0.39 is 0 Å². The van der Waals surface area contributed by atoms with Gasteiger partial charge in [-0.25, -0.2) is 0 Å². The number of quaternary nitrogens is 1. The highest BCUT2D eigenvalue weighted by Crippen LogP contribution is 2.35. The van der Waals surface area contributed by atoms with E-state index in [1.165, 1.54) is 0 Å². The molecule has 0 aliphatic carbocycles. The lowest BCUT2D eigenvalue weighted by atomic mass is 10.1. The molecule has 0 radical (unpaired) electrons. The van der Waals surface area contributed by atoms with Crippen molar-refractivity contribution in [1.29, 1.82) is 0 Å². The second-order valence-electron chi connectivity index (χ2n) is 9.01. The van der Waals surface area contributed by atoms with Gasteiger partial charge in [-0.1, -0.05) is 32.1 Å². The van der Waals surface area contributed by atoms with Crippen molar-refractivity contribution in [2.75, 3.05) is 40.3 Å². The van der Waals surface area contributed by atoms with Crippen LogP contribution in [0.3, 0.4) is 0 Å². The molecule has 0 unspecified atom stereocenters. The van der Waals surface area contributed by atoms with Crippen LogP contribution in [0.4, 0.5) is 0 Å². The Morgan fingerprint density at radius 2 is 1.82 bits per heavy atom. The summed E-state index contributed by atoms with van der Waals surface area (Å²) in [6, 6.07) is 13.0. The van der Waals surface area contributed by atoms with Crippen molar-refractivity contribution < 1.29 is 23.5 Å². The summed E-state index contributed by atoms with van der Waals surface area (Å²) >= 11 is 0. The first kappa shape index (κ1) is 27.1. The molecule has 184 valence electrons. The molecule has 0 aliphatic rings. The Morgan fingerprint density at radius 1 is 1.09 bits per heavy atom. The third kappa shape index (κ3) is 8.67. The zero-order valence-corrected chi connectivity index (χ0v) is 21.1. The molecule has 0 saturated carbocycles. The zero-order chi connectivity index (χ0) is 25.0. The first-order valence-electron chi connectivity index (χ1n) is 12.0. The highest BCUT2D eigenvalue weighted by atomic mass is 16.5. The quantitative estimate of drug-likeness (QED) is 0.170. The van der Waals surface area contributed by atoms with E-state index in [1.54, 1.807) is 24.3 Å². The van der Waals surface area contributed by atoms with Gasteiger partial charge in [0.25, 0.3) is 5.91 Å². The number of carbonyl (C=O) groups is 2. The van der Waals surface area contributed by atoms with Crippen molar-refractivity contribution >= 4 is 11.7 Å². The smallest absolute Gasteiger partial charge is 0.275 e. The SMILES string of the molecule is C=CCc1cccc(Oc2ccc(C(=O)CC)cc2)c1OCCC[N+](C)(C)CC(=O)NCCC. The molecule has 2 rings (SSSR count). The standard InChI is InChI=1S/C28H38N2O4/c1-6-11-23-12-9-13-26(34-24-16-14-22(15-17-24)25(31)8-3)28(23)33-20-10-19-30(4,5)21-27(32)29-18-7-2/h6,9,12-17H,1,7-8,10-11,18-21H2,2-5H3/p+1. The van der Waals surface area contributed by atoms with Crippen LogP contribution < -0.4 is 14.8 Å². The number of rotatable bonds is 15. The van der Waals surface area contributed by atoms with Gasteiger partial charge < -0.3 is 19.3 Å². The lowest BCUT2D eigenvalue weighted by molar-refractivity contribution is -0.882. The number of likely N-dealkylation sites (N-methyl/N-ethyl adjacent to an activating group) is 1. The molecule has 0 aromatic heterocycles. The molecular weight excluding hydrogens is 428 g/mol. The molecule has 34 heavy (non-hydrogen) atoms. The number of hydrogen-bond acceptors (Lipinski definition) is 4. The van der Waals surface area contributed by atoms with Crippen LogP contribution in [0.25, 0.3) is 0 Å². The molecule has 0 spiro atoms. The highest BCUT2D eigenvalue weighted by Gasteiger charge is 2.20. The van der Waals surface area contributed by atoms with Crippen LogP contribution in [0.15, 0.2) is 55.1 Å². The minimum Gasteiger partial charge on any atom is -0.489 e. The molecule has 6 heteroatoms. The number of nitrogens with one attached hydrogen (secondary N) is 1. The number of benzene rings is 2. The second-order valence-corrected chi connectivity index (χ2v) is 9.01. The predicted molar refractivity (Wildman–Crippen MR) is 137 cm³/mol. The van der Waals surface area contributed by atoms with Crippen molar-refractivity contribution in [2.45, 2.75) is 39.5 Å². The van der Waals surface area contributed by atoms with Crippen LogP contribution in [-0.4, -0.2) is 56.5 Å². The van der Waals surface area contributed by atoms with Gasteiger partial charge in [0, 0.05) is 30.5 Å². The fourth-order valence-corrected chi connectivity index (χ4v) is 3.62. The fourth-order valence-electron chi connectivity index (χ4n) is 3.62. The minimum absolute atomic E-state index is 0.0754. The van der Waals surface area contributed by atoms with E-state index in [4.69, 9.17) is 9.47 Å². The lowest BCUT2D eigenvalue weighted by Crippen LogP contribution is -2.48. The molecule has 1 amide bonds. The van der Waals surface area contributed by atoms with Crippen molar-refractivity contribution in [3.63, 3.8) is 0 Å². The first-order chi connectivity index (χ1) is 16.3. The summed E-state index contributed by atoms with van der Waals surface area (Å²) in [4.78, 5) is 24.0. The Labute approximate surface area is 204 Å². The van der Waals surface area contributed by atoms with Gasteiger partial charge >= 0.3 is 0 Å². The van der Waals surface area contributed by atoms with Crippen LogP contribution in [0.1, 0.15) is 49.0 Å². The third-order valence-corrected chi connectivity index (χ3v) is 5.45. The van der Waals surface area contributed by atoms with Gasteiger partial charge in [-0.3, -0.25) is 9.59 Å². The Morgan fingerprint density at radius 3 is 2.47 bits per heavy atom. The summed E-state index contributed by atoms with van der Waals surface area (Å²) in [6.45, 7) is 10.2. The van der Waals surface area contributed by atoms with Crippen molar-refractivity contribution in [3.8, 4) is 17.2 Å². The summed E-state index contributed by atoms with van der Waals surface area (Å²) in [6.07, 6.45) is 4.70. The van der Waals surface area contributed by atoms with E-state index >= 15 is 0 Å². The first-order valence-corrected chi connectivity index (χ1v) is 12.0. The largest absolute Gasteiger partial charge is 0.489 e. The Bertz CT molecular complexity index is 951. The van der Waals surface area contributed by atoms with Crippen LogP contribution in [0, 0.1) is 0 Å². The average molecular weight is 468 g/mol. The molecule has 0 heterocycles. The number of para-hydroxylation sites is 1. The van der Waals surface area contributed by atoms with Crippen molar-refractivity contribution in [3.05, 3.63) is 66.2 Å². The van der Waals surface area contributed by atoms with Crippen LogP contribution in [0.2, 0.25) is 0 Å². The molecule has 0 saturated heterocycles. The van der Waals surface area contributed by atoms with Crippen molar-refractivity contribution in [1.82, 2.24) is 5.32 Å². The summed E-state index contributed by atoms with van der Waals surface area (Å²) in [5.74, 6) is 2.15. The third-order valence-electron chi connectivity index (χ3n) is 5.45. The number of Topliss-reactive ketones (excluding diaryl/α,β-unsaturated/α-hetero) is 1. The van der Waals surface area contributed by atoms with Gasteiger partial charge in [-0.15, -0.1) is 6.58 Å². The summed E-state index contributed by atoms with van der Waals surface area (Å²) in [5.41, 5.74) is 1.67. The fraction of sp³-hybridized carbons (Fsp3) is 0.429. The van der Waals surface area contributed by atoms with E-state index in [2.05, 4.69) is 26.0 Å². The van der Waals surface area contributed by atoms with Gasteiger partial charge in [-0.05, 0) is 43.2 Å². The van der Waals surface area contributed by atoms with E-state index in [0.29, 0.717) is 59.8 Å². The Balaban J connectivity index is 2.04. The highest BCUT2D eigenvalue weighted by molar-refractivity contribution is 5.95. The second kappa shape index (κ2) is 13.6. The average Bonchev–Trinajstić information content (AvgIpc) is 2.81. The molecule has 6 nitrogen and oxygen atoms in total. The molecule has 0 atom stereocenters. The molecule has 0 bridgehead atoms. The summed E-state index contributed by atoms with van der Waals surface area (Å²) in [7, 11) is 4.11. The maximum absolute atomic E-state index is 12.1. The zero-order valence-electron chi connectivity index (χ0n) is 21.1. The molecule has 2 aromatic carbocycles. The molecule has 0 aliphatic heterocycles. The van der Waals surface area contributed by atoms with E-state index in [-0.39, 0.29) is 11.7 Å². The van der Waals surface area contributed by atoms with Gasteiger partial charge in [0.15, 0.2) is 23.8 Å². The molecule has 1 N–H and O–H groups in total. The number of amides is 1. The summed E-state index contributed by atoms with van der Waals surface area (Å²) in [5, 5.41) is 2.94. The lowest BCUT2D eigenvalue weighted by Gasteiger charge is -2.29. The maximum Gasteiger partial charge on any atom is 0.275 e. The number of carbonyl (C=O) groups excluding carboxylic acids is 2. The van der Waals surface area contributed by atoms with Crippen LogP contribution in [-0.2, 0) is 11.2 Å². The predicted octanol–water partition coefficient (Wildman–Crippen LogP) is 5.17. The maximum atomic E-state index is 12.1. The van der Waals surface area contributed by atoms with E-state index in [0.717, 1.165) is 24.9 Å². The van der Waals surface area contributed by atoms with E-state index in [9.17, 15) is 9.59 Å². The van der Waals surface area contributed by atoms with Gasteiger partial charge in [0.05, 0.1) is 27.2 Å². The van der Waals surface area contributed by atoms with Crippen LogP contribution >= 0.6 is 0 Å². The molecular formula is C28H39N2O4+. The molecule has 2 aromatic rings. The van der Waals surface area contributed by atoms with Gasteiger partial charge in [0.2, 0.25) is 0 Å². The number of allylic oxidation sites excluding steroid dienone is 1. The monoisotopic (exact) mass is 467 g/mol. The number of nitrogens with zero attached hydrogens (tertiary/aromatic N) is 1. The number of hydrogen-bond donors (Lipinski definition) is 1. The van der Waals surface area contributed by atoms with E-state index in [1.807, 2.05) is 38.1 Å².